The minimum absolute atomic E-state index is 0.0251. The van der Waals surface area contributed by atoms with Crippen molar-refractivity contribution >= 4 is 35.5 Å². The molecule has 6 N–H and O–H groups in total. The van der Waals surface area contributed by atoms with Crippen LogP contribution in [0.2, 0.25) is 0 Å². The molecule has 0 atom stereocenters. The van der Waals surface area contributed by atoms with Gasteiger partial charge in [-0.05, 0) is 12.8 Å². The zero-order valence-corrected chi connectivity index (χ0v) is 22.1. The topological polar surface area (TPSA) is 189 Å². The lowest BCUT2D eigenvalue weighted by Gasteiger charge is -2.21. The van der Waals surface area contributed by atoms with Gasteiger partial charge in [0.1, 0.15) is 13.1 Å². The van der Waals surface area contributed by atoms with Gasteiger partial charge in [-0.15, -0.1) is 0 Å². The van der Waals surface area contributed by atoms with E-state index in [0.717, 1.165) is 24.9 Å². The fourth-order valence-electron chi connectivity index (χ4n) is 2.23. The van der Waals surface area contributed by atoms with Crippen LogP contribution < -0.4 is 27.0 Å². The van der Waals surface area contributed by atoms with Crippen molar-refractivity contribution < 1.29 is 33.5 Å². The van der Waals surface area contributed by atoms with Crippen LogP contribution in [0.1, 0.15) is 54.4 Å². The highest BCUT2D eigenvalue weighted by Gasteiger charge is 2.21. The molecule has 204 valence electrons. The van der Waals surface area contributed by atoms with E-state index < -0.39 is 55.8 Å². The summed E-state index contributed by atoms with van der Waals surface area (Å²) in [5, 5.41) is 9.65. The molecule has 0 rings (SSSR count). The summed E-state index contributed by atoms with van der Waals surface area (Å²) in [6.07, 6.45) is 1.53. The molecule has 0 unspecified atom stereocenters. The van der Waals surface area contributed by atoms with Crippen LogP contribution in [-0.4, -0.2) is 92.8 Å². The zero-order valence-electron chi connectivity index (χ0n) is 22.1. The molecule has 0 saturated carbocycles. The molecule has 0 aliphatic carbocycles. The van der Waals surface area contributed by atoms with Crippen LogP contribution >= 0.6 is 0 Å². The van der Waals surface area contributed by atoms with E-state index in [0.29, 0.717) is 0 Å². The molecule has 5 amide bonds. The van der Waals surface area contributed by atoms with Crippen molar-refractivity contribution in [3.8, 4) is 0 Å². The highest BCUT2D eigenvalue weighted by atomic mass is 16.5. The Morgan fingerprint density at radius 1 is 0.743 bits per heavy atom. The number of hydrogen-bond donors (Lipinski definition) is 5. The lowest BCUT2D eigenvalue weighted by Crippen LogP contribution is -2.49. The van der Waals surface area contributed by atoms with Crippen molar-refractivity contribution in [3.05, 3.63) is 0 Å². The summed E-state index contributed by atoms with van der Waals surface area (Å²) in [4.78, 5) is 71.3. The van der Waals surface area contributed by atoms with Gasteiger partial charge in [-0.25, -0.2) is 0 Å². The van der Waals surface area contributed by atoms with Crippen LogP contribution in [0, 0.1) is 0 Å². The minimum atomic E-state index is -0.771. The van der Waals surface area contributed by atoms with E-state index in [9.17, 15) is 28.8 Å². The molecule has 0 radical (unpaired) electrons. The number of ether oxygens (including phenoxy) is 1. The fourth-order valence-corrected chi connectivity index (χ4v) is 2.23. The lowest BCUT2D eigenvalue weighted by molar-refractivity contribution is -0.148. The number of esters is 1. The summed E-state index contributed by atoms with van der Waals surface area (Å²) in [6, 6.07) is 0.0251. The Labute approximate surface area is 208 Å². The number of carbonyl (C=O) groups excluding carboxylic acids is 6. The highest BCUT2D eigenvalue weighted by Crippen LogP contribution is 1.95. The van der Waals surface area contributed by atoms with Crippen LogP contribution in [0.25, 0.3) is 0 Å². The summed E-state index contributed by atoms with van der Waals surface area (Å²) in [5.74, 6) is -3.74. The average molecular weight is 505 g/mol. The van der Waals surface area contributed by atoms with E-state index in [-0.39, 0.29) is 25.0 Å². The lowest BCUT2D eigenvalue weighted by atomic mass is 10.2. The van der Waals surface area contributed by atoms with Crippen LogP contribution in [0.15, 0.2) is 0 Å². The number of nitrogens with two attached hydrogens (primary N) is 1. The maximum Gasteiger partial charge on any atom is 0.325 e. The van der Waals surface area contributed by atoms with Gasteiger partial charge in [0, 0.05) is 6.04 Å². The predicted molar refractivity (Wildman–Crippen MR) is 132 cm³/mol. The second kappa shape index (κ2) is 23.9. The number of carbonyl (C=O) groups is 6. The van der Waals surface area contributed by atoms with Crippen LogP contribution in [-0.2, 0) is 33.5 Å². The third kappa shape index (κ3) is 19.9. The largest absolute Gasteiger partial charge is 0.468 e. The van der Waals surface area contributed by atoms with Crippen molar-refractivity contribution in [2.75, 3.05) is 46.4 Å². The van der Waals surface area contributed by atoms with Crippen molar-refractivity contribution in [1.82, 2.24) is 26.2 Å². The van der Waals surface area contributed by atoms with Crippen LogP contribution in [0.5, 0.6) is 0 Å². The van der Waals surface area contributed by atoms with E-state index in [1.165, 1.54) is 0 Å². The molecule has 0 saturated heterocycles. The molecule has 13 nitrogen and oxygen atoms in total. The first-order chi connectivity index (χ1) is 16.7. The van der Waals surface area contributed by atoms with Gasteiger partial charge in [0.05, 0.1) is 33.3 Å². The molecule has 0 aliphatic heterocycles. The predicted octanol–water partition coefficient (Wildman–Crippen LogP) is -1.35. The Balaban J connectivity index is -0.00000242. The molecule has 0 heterocycles. The van der Waals surface area contributed by atoms with Crippen molar-refractivity contribution in [2.45, 2.75) is 60.4 Å². The standard InChI is InChI=1S/C18H32N6O7.2C2H6/c1-4-12(5-2)23-15(27)8-20-14(26)7-21-16(28)10-24(11-18(30)31-3)17(29)9-22-13(25)6-19;2*1-2/h12H,4-11,19H2,1-3H3,(H,20,26)(H,21,28)(H,22,25)(H,23,27);2*1-2H3. The summed E-state index contributed by atoms with van der Waals surface area (Å²) < 4.78 is 4.48. The summed E-state index contributed by atoms with van der Waals surface area (Å²) >= 11 is 0. The molecule has 0 fully saturated rings. The second-order valence-corrected chi connectivity index (χ2v) is 6.44. The van der Waals surface area contributed by atoms with Crippen molar-refractivity contribution in [3.63, 3.8) is 0 Å². The number of nitrogens with zero attached hydrogens (tertiary/aromatic N) is 1. The van der Waals surface area contributed by atoms with Crippen LogP contribution in [0.4, 0.5) is 0 Å². The number of amides is 5. The fraction of sp³-hybridized carbons (Fsp3) is 0.727. The molecule has 0 aromatic heterocycles. The average Bonchev–Trinajstić information content (AvgIpc) is 2.89. The third-order valence-corrected chi connectivity index (χ3v) is 4.10. The van der Waals surface area contributed by atoms with E-state index in [4.69, 9.17) is 5.73 Å². The molecular weight excluding hydrogens is 460 g/mol. The monoisotopic (exact) mass is 504 g/mol. The van der Waals surface area contributed by atoms with Gasteiger partial charge in [-0.2, -0.15) is 0 Å². The van der Waals surface area contributed by atoms with Gasteiger partial charge < -0.3 is 36.6 Å². The number of nitrogens with one attached hydrogen (secondary N) is 4. The Hall–Kier alpha value is -3.22. The Bertz CT molecular complexity index is 654. The first-order valence-corrected chi connectivity index (χ1v) is 11.8. The summed E-state index contributed by atoms with van der Waals surface area (Å²) in [5.41, 5.74) is 5.13. The number of hydrogen-bond acceptors (Lipinski definition) is 8. The van der Waals surface area contributed by atoms with Gasteiger partial charge >= 0.3 is 5.97 Å². The normalized spacial score (nSPS) is 9.29. The van der Waals surface area contributed by atoms with Gasteiger partial charge in [0.25, 0.3) is 0 Å². The van der Waals surface area contributed by atoms with Crippen molar-refractivity contribution in [2.24, 2.45) is 5.73 Å². The summed E-state index contributed by atoms with van der Waals surface area (Å²) in [6.45, 7) is 9.34. The molecule has 35 heavy (non-hydrogen) atoms. The Kier molecular flexibility index (Phi) is 24.8. The smallest absolute Gasteiger partial charge is 0.325 e. The first kappa shape index (κ1) is 36.4. The van der Waals surface area contributed by atoms with E-state index in [2.05, 4.69) is 26.0 Å². The van der Waals surface area contributed by atoms with Gasteiger partial charge in [0.2, 0.25) is 29.5 Å². The number of rotatable bonds is 14. The van der Waals surface area contributed by atoms with Gasteiger partial charge in [-0.3, -0.25) is 28.8 Å². The molecule has 13 heteroatoms. The summed E-state index contributed by atoms with van der Waals surface area (Å²) in [7, 11) is 1.12. The first-order valence-electron chi connectivity index (χ1n) is 11.8. The van der Waals surface area contributed by atoms with E-state index in [1.54, 1.807) is 0 Å². The highest BCUT2D eigenvalue weighted by molar-refractivity contribution is 5.92. The van der Waals surface area contributed by atoms with E-state index in [1.807, 2.05) is 41.5 Å². The second-order valence-electron chi connectivity index (χ2n) is 6.44. The Morgan fingerprint density at radius 2 is 1.23 bits per heavy atom. The van der Waals surface area contributed by atoms with Crippen molar-refractivity contribution in [1.29, 1.82) is 0 Å². The van der Waals surface area contributed by atoms with Crippen LogP contribution in [0.3, 0.4) is 0 Å². The SMILES string of the molecule is CC.CC.CCC(CC)NC(=O)CNC(=O)CNC(=O)CN(CC(=O)OC)C(=O)CNC(=O)CN. The quantitative estimate of drug-likeness (QED) is 0.179. The molecule has 0 bridgehead atoms. The van der Waals surface area contributed by atoms with Gasteiger partial charge in [0.15, 0.2) is 0 Å². The molecular formula is C22H44N6O7. The maximum absolute atomic E-state index is 12.2. The minimum Gasteiger partial charge on any atom is -0.468 e. The maximum atomic E-state index is 12.2. The van der Waals surface area contributed by atoms with E-state index >= 15 is 0 Å². The van der Waals surface area contributed by atoms with Gasteiger partial charge in [-0.1, -0.05) is 41.5 Å². The zero-order chi connectivity index (χ0) is 27.8. The number of methoxy groups -OCH3 is 1. The Morgan fingerprint density at radius 3 is 1.71 bits per heavy atom. The molecule has 0 aliphatic rings. The molecule has 0 spiro atoms. The third-order valence-electron chi connectivity index (χ3n) is 4.10. The molecule has 0 aromatic rings. The molecule has 0 aromatic carbocycles.